The number of likely N-dealkylation sites (tertiary alicyclic amines) is 1. The van der Waals surface area contributed by atoms with Crippen LogP contribution in [0.25, 0.3) is 0 Å². The molecule has 2 aliphatic heterocycles. The van der Waals surface area contributed by atoms with Crippen LogP contribution in [0, 0.1) is 5.41 Å². The van der Waals surface area contributed by atoms with Gasteiger partial charge in [-0.1, -0.05) is 0 Å². The molecule has 2 fully saturated rings. The van der Waals surface area contributed by atoms with Gasteiger partial charge in [-0.3, -0.25) is 4.79 Å². The number of rotatable bonds is 4. The SMILES string of the molecule is O=C(CCCc1ccc(Br)s1)N1CC2(CCOC2)C1. The van der Waals surface area contributed by atoms with Crippen LogP contribution in [0.5, 0.6) is 0 Å². The molecule has 5 heteroatoms. The van der Waals surface area contributed by atoms with E-state index in [0.29, 0.717) is 17.7 Å². The maximum atomic E-state index is 12.0. The molecular formula is C14H18BrNO2S. The topological polar surface area (TPSA) is 29.5 Å². The molecule has 2 saturated heterocycles. The summed E-state index contributed by atoms with van der Waals surface area (Å²) in [6.07, 6.45) is 3.75. The van der Waals surface area contributed by atoms with E-state index in [-0.39, 0.29) is 0 Å². The van der Waals surface area contributed by atoms with Gasteiger partial charge in [0.15, 0.2) is 0 Å². The van der Waals surface area contributed by atoms with Crippen molar-refractivity contribution in [2.75, 3.05) is 26.3 Å². The lowest BCUT2D eigenvalue weighted by molar-refractivity contribution is -0.143. The number of nitrogens with zero attached hydrogens (tertiary/aromatic N) is 1. The minimum absolute atomic E-state index is 0.313. The second kappa shape index (κ2) is 5.54. The second-order valence-electron chi connectivity index (χ2n) is 5.61. The van der Waals surface area contributed by atoms with Crippen molar-refractivity contribution < 1.29 is 9.53 Å². The molecule has 104 valence electrons. The second-order valence-corrected chi connectivity index (χ2v) is 8.16. The number of thiophene rings is 1. The minimum Gasteiger partial charge on any atom is -0.381 e. The monoisotopic (exact) mass is 343 g/mol. The average molecular weight is 344 g/mol. The van der Waals surface area contributed by atoms with E-state index in [1.165, 1.54) is 8.66 Å². The Morgan fingerprint density at radius 3 is 2.95 bits per heavy atom. The number of carbonyl (C=O) groups excluding carboxylic acids is 1. The number of hydrogen-bond donors (Lipinski definition) is 0. The summed E-state index contributed by atoms with van der Waals surface area (Å²) in [4.78, 5) is 15.4. The van der Waals surface area contributed by atoms with Crippen molar-refractivity contribution in [1.82, 2.24) is 4.90 Å². The molecule has 1 spiro atoms. The van der Waals surface area contributed by atoms with Crippen LogP contribution in [0.2, 0.25) is 0 Å². The van der Waals surface area contributed by atoms with Gasteiger partial charge in [0.1, 0.15) is 0 Å². The van der Waals surface area contributed by atoms with Gasteiger partial charge in [0.25, 0.3) is 0 Å². The standard InChI is InChI=1S/C14H18BrNO2S/c15-12-5-4-11(19-12)2-1-3-13(17)16-8-14(9-16)6-7-18-10-14/h4-5H,1-3,6-10H2. The van der Waals surface area contributed by atoms with E-state index in [2.05, 4.69) is 28.1 Å². The summed E-state index contributed by atoms with van der Waals surface area (Å²) >= 11 is 5.22. The minimum atomic E-state index is 0.313. The maximum Gasteiger partial charge on any atom is 0.222 e. The van der Waals surface area contributed by atoms with Gasteiger partial charge >= 0.3 is 0 Å². The largest absolute Gasteiger partial charge is 0.381 e. The van der Waals surface area contributed by atoms with Crippen molar-refractivity contribution in [3.05, 3.63) is 20.8 Å². The normalized spacial score (nSPS) is 20.8. The Hall–Kier alpha value is -0.390. The molecule has 1 aromatic rings. The van der Waals surface area contributed by atoms with Gasteiger partial charge in [-0.15, -0.1) is 11.3 Å². The van der Waals surface area contributed by atoms with Crippen LogP contribution >= 0.6 is 27.3 Å². The van der Waals surface area contributed by atoms with Gasteiger partial charge in [-0.2, -0.15) is 0 Å². The molecule has 3 heterocycles. The zero-order valence-electron chi connectivity index (χ0n) is 10.9. The quantitative estimate of drug-likeness (QED) is 0.840. The highest BCUT2D eigenvalue weighted by Gasteiger charge is 2.47. The van der Waals surface area contributed by atoms with Gasteiger partial charge in [0.2, 0.25) is 5.91 Å². The van der Waals surface area contributed by atoms with Crippen LogP contribution in [0.3, 0.4) is 0 Å². The average Bonchev–Trinajstić information content (AvgIpc) is 2.96. The third-order valence-corrected chi connectivity index (χ3v) is 5.72. The van der Waals surface area contributed by atoms with Crippen molar-refractivity contribution in [3.8, 4) is 0 Å². The third-order valence-electron chi connectivity index (χ3n) is 4.03. The van der Waals surface area contributed by atoms with Crippen molar-refractivity contribution in [2.24, 2.45) is 5.41 Å². The Morgan fingerprint density at radius 2 is 2.32 bits per heavy atom. The summed E-state index contributed by atoms with van der Waals surface area (Å²) in [6, 6.07) is 4.20. The Balaban J connectivity index is 1.38. The molecule has 2 aliphatic rings. The van der Waals surface area contributed by atoms with E-state index in [1.54, 1.807) is 11.3 Å². The third kappa shape index (κ3) is 3.03. The number of amides is 1. The van der Waals surface area contributed by atoms with Crippen LogP contribution in [0.4, 0.5) is 0 Å². The fraction of sp³-hybridized carbons (Fsp3) is 0.643. The van der Waals surface area contributed by atoms with Gasteiger partial charge in [0.05, 0.1) is 10.4 Å². The number of ether oxygens (including phenoxy) is 1. The van der Waals surface area contributed by atoms with Gasteiger partial charge in [-0.25, -0.2) is 0 Å². The summed E-state index contributed by atoms with van der Waals surface area (Å²) in [7, 11) is 0. The Labute approximate surface area is 126 Å². The Kier molecular flexibility index (Phi) is 3.96. The zero-order chi connectivity index (χ0) is 13.3. The maximum absolute atomic E-state index is 12.0. The lowest BCUT2D eigenvalue weighted by Gasteiger charge is -2.47. The first-order valence-corrected chi connectivity index (χ1v) is 8.38. The number of aryl methyl sites for hydroxylation is 1. The van der Waals surface area contributed by atoms with E-state index in [4.69, 9.17) is 4.74 Å². The first kappa shape index (κ1) is 13.6. The first-order valence-electron chi connectivity index (χ1n) is 6.77. The number of carbonyl (C=O) groups is 1. The summed E-state index contributed by atoms with van der Waals surface area (Å²) in [5.41, 5.74) is 0.314. The molecule has 3 rings (SSSR count). The molecule has 0 aromatic carbocycles. The Morgan fingerprint density at radius 1 is 1.47 bits per heavy atom. The molecule has 19 heavy (non-hydrogen) atoms. The highest BCUT2D eigenvalue weighted by atomic mass is 79.9. The summed E-state index contributed by atoms with van der Waals surface area (Å²) in [5.74, 6) is 0.313. The predicted molar refractivity (Wildman–Crippen MR) is 79.4 cm³/mol. The number of halogens is 1. The van der Waals surface area contributed by atoms with E-state index < -0.39 is 0 Å². The van der Waals surface area contributed by atoms with E-state index in [9.17, 15) is 4.79 Å². The molecule has 0 N–H and O–H groups in total. The lowest BCUT2D eigenvalue weighted by atomic mass is 9.79. The fourth-order valence-corrected chi connectivity index (χ4v) is 4.42. The number of hydrogen-bond acceptors (Lipinski definition) is 3. The molecule has 0 radical (unpaired) electrons. The highest BCUT2D eigenvalue weighted by Crippen LogP contribution is 2.38. The molecule has 0 atom stereocenters. The molecule has 1 aromatic heterocycles. The van der Waals surface area contributed by atoms with Crippen LogP contribution in [0.1, 0.15) is 24.1 Å². The van der Waals surface area contributed by atoms with Crippen LogP contribution < -0.4 is 0 Å². The van der Waals surface area contributed by atoms with Gasteiger partial charge < -0.3 is 9.64 Å². The molecule has 0 aliphatic carbocycles. The molecule has 3 nitrogen and oxygen atoms in total. The van der Waals surface area contributed by atoms with Crippen LogP contribution in [-0.2, 0) is 16.0 Å². The van der Waals surface area contributed by atoms with E-state index >= 15 is 0 Å². The van der Waals surface area contributed by atoms with Crippen molar-refractivity contribution in [1.29, 1.82) is 0 Å². The molecule has 0 unspecified atom stereocenters. The summed E-state index contributed by atoms with van der Waals surface area (Å²) in [5, 5.41) is 0. The van der Waals surface area contributed by atoms with Crippen molar-refractivity contribution in [3.63, 3.8) is 0 Å². The molecule has 0 saturated carbocycles. The van der Waals surface area contributed by atoms with Crippen LogP contribution in [-0.4, -0.2) is 37.1 Å². The van der Waals surface area contributed by atoms with Gasteiger partial charge in [0, 0.05) is 36.4 Å². The molecule has 1 amide bonds. The zero-order valence-corrected chi connectivity index (χ0v) is 13.3. The van der Waals surface area contributed by atoms with E-state index in [0.717, 1.165) is 45.6 Å². The van der Waals surface area contributed by atoms with E-state index in [1.807, 2.05) is 4.90 Å². The Bertz CT molecular complexity index is 460. The van der Waals surface area contributed by atoms with Crippen LogP contribution in [0.15, 0.2) is 15.9 Å². The first-order chi connectivity index (χ1) is 9.17. The molecule has 0 bridgehead atoms. The highest BCUT2D eigenvalue weighted by molar-refractivity contribution is 9.11. The fourth-order valence-electron chi connectivity index (χ4n) is 2.90. The summed E-state index contributed by atoms with van der Waals surface area (Å²) in [6.45, 7) is 3.54. The van der Waals surface area contributed by atoms with Gasteiger partial charge in [-0.05, 0) is 47.3 Å². The van der Waals surface area contributed by atoms with Crippen molar-refractivity contribution in [2.45, 2.75) is 25.7 Å². The summed E-state index contributed by atoms with van der Waals surface area (Å²) < 4.78 is 6.60. The predicted octanol–water partition coefficient (Wildman–Crippen LogP) is 3.08. The smallest absolute Gasteiger partial charge is 0.222 e. The van der Waals surface area contributed by atoms with Crippen molar-refractivity contribution >= 4 is 33.2 Å². The molecular weight excluding hydrogens is 326 g/mol. The lowest BCUT2D eigenvalue weighted by Crippen LogP contribution is -2.58.